The van der Waals surface area contributed by atoms with Gasteiger partial charge in [-0.25, -0.2) is 0 Å². The fourth-order valence-corrected chi connectivity index (χ4v) is 0. The van der Waals surface area contributed by atoms with Crippen LogP contribution in [0.2, 0.25) is 13.6 Å². The summed E-state index contributed by atoms with van der Waals surface area (Å²) in [5, 5.41) is 0. The van der Waals surface area contributed by atoms with E-state index >= 15 is 0 Å². The Labute approximate surface area is 95.3 Å². The molecule has 0 rings (SSSR count). The van der Waals surface area contributed by atoms with Crippen LogP contribution in [0, 0.1) is 0 Å². The number of rotatable bonds is 0. The molecule has 0 radical (unpaired) electrons. The Kier molecular flexibility index (Phi) is 1600. The van der Waals surface area contributed by atoms with Gasteiger partial charge < -0.3 is 21.9 Å². The third-order valence-corrected chi connectivity index (χ3v) is 0. The quantitative estimate of drug-likeness (QED) is 0.409. The molecule has 0 atom stereocenters. The number of hydrogen-bond acceptors (Lipinski definition) is 2. The van der Waals surface area contributed by atoms with E-state index in [1.54, 1.807) is 0 Å². The molecular formula is C3H25B2IO6. The van der Waals surface area contributed by atoms with Crippen molar-refractivity contribution < 1.29 is 35.6 Å². The van der Waals surface area contributed by atoms with Crippen LogP contribution < -0.4 is 0 Å². The van der Waals surface area contributed by atoms with E-state index in [-0.39, 0.29) is 57.6 Å². The van der Waals surface area contributed by atoms with E-state index in [1.165, 1.54) is 13.6 Å². The molecule has 12 heavy (non-hydrogen) atoms. The van der Waals surface area contributed by atoms with Gasteiger partial charge in [0, 0.05) is 4.28 Å². The molecule has 0 aliphatic heterocycles. The Hall–Kier alpha value is 0.300. The van der Waals surface area contributed by atoms with Crippen LogP contribution in [0.25, 0.3) is 0 Å². The normalized spacial score (nSPS) is 1.50. The van der Waals surface area contributed by atoms with Crippen LogP contribution in [-0.4, -0.2) is 36.2 Å². The van der Waals surface area contributed by atoms with Gasteiger partial charge in [-0.05, 0) is 0 Å². The van der Waals surface area contributed by atoms with Gasteiger partial charge in [0.15, 0.2) is 0 Å². The summed E-state index contributed by atoms with van der Waals surface area (Å²) in [4.78, 5) is 0. The van der Waals surface area contributed by atoms with Gasteiger partial charge in [-0.3, -0.25) is 0 Å². The van der Waals surface area contributed by atoms with Crippen molar-refractivity contribution >= 4 is 38.3 Å². The van der Waals surface area contributed by atoms with Crippen molar-refractivity contribution in [2.45, 2.75) is 21.1 Å². The van der Waals surface area contributed by atoms with E-state index < -0.39 is 0 Å². The zero-order chi connectivity index (χ0) is 5.41. The van der Waals surface area contributed by atoms with Crippen molar-refractivity contribution in [3.63, 3.8) is 0 Å². The molecule has 8 N–H and O–H groups in total. The SMILES string of the molecule is C.CB=O.CB=O.I.O.O.O.O.[HH].[HH].[HH]. The van der Waals surface area contributed by atoms with E-state index in [2.05, 4.69) is 0 Å². The first kappa shape index (κ1) is 84.9. The molecule has 0 aromatic carbocycles. The van der Waals surface area contributed by atoms with Gasteiger partial charge >= 0.3 is 37.4 Å². The first-order valence-electron chi connectivity index (χ1n) is 1.63. The molecule has 0 aromatic heterocycles. The minimum absolute atomic E-state index is 0. The Morgan fingerprint density at radius 3 is 0.833 bits per heavy atom. The van der Waals surface area contributed by atoms with Crippen molar-refractivity contribution in [3.05, 3.63) is 0 Å². The summed E-state index contributed by atoms with van der Waals surface area (Å²) >= 11 is 0. The fraction of sp³-hybridized carbons (Fsp3) is 1.00. The van der Waals surface area contributed by atoms with E-state index in [9.17, 15) is 0 Å². The van der Waals surface area contributed by atoms with Gasteiger partial charge in [-0.15, -0.1) is 24.0 Å². The molecule has 0 aliphatic rings. The van der Waals surface area contributed by atoms with Crippen LogP contribution in [0.15, 0.2) is 0 Å². The van der Waals surface area contributed by atoms with Crippen molar-refractivity contribution in [1.82, 2.24) is 0 Å². The van der Waals surface area contributed by atoms with Crippen LogP contribution in [-0.2, 0) is 9.41 Å². The van der Waals surface area contributed by atoms with Crippen molar-refractivity contribution in [1.29, 1.82) is 0 Å². The zero-order valence-corrected chi connectivity index (χ0v) is 8.71. The van der Waals surface area contributed by atoms with Gasteiger partial charge in [-0.2, -0.15) is 0 Å². The van der Waals surface area contributed by atoms with Crippen molar-refractivity contribution in [2.24, 2.45) is 0 Å². The third kappa shape index (κ3) is 9910. The van der Waals surface area contributed by atoms with E-state index in [4.69, 9.17) is 9.41 Å². The second-order valence-corrected chi connectivity index (χ2v) is 0.471. The van der Waals surface area contributed by atoms with Gasteiger partial charge in [-0.1, -0.05) is 7.43 Å². The predicted molar refractivity (Wildman–Crippen MR) is 67.6 cm³/mol. The average molecular weight is 306 g/mol. The maximum Gasteiger partial charge on any atom is 0 e. The van der Waals surface area contributed by atoms with E-state index in [1.807, 2.05) is 0 Å². The fourth-order valence-electron chi connectivity index (χ4n) is 0. The molecule has 0 fully saturated rings. The molecule has 0 heterocycles. The molecule has 86 valence electrons. The van der Waals surface area contributed by atoms with Crippen LogP contribution in [0.3, 0.4) is 0 Å². The second kappa shape index (κ2) is 227. The summed E-state index contributed by atoms with van der Waals surface area (Å²) in [6.07, 6.45) is 0. The Morgan fingerprint density at radius 2 is 0.833 bits per heavy atom. The van der Waals surface area contributed by atoms with Gasteiger partial charge in [0.25, 0.3) is 0 Å². The minimum atomic E-state index is 0. The van der Waals surface area contributed by atoms with Crippen molar-refractivity contribution in [2.75, 3.05) is 0 Å². The molecule has 6 nitrogen and oxygen atoms in total. The van der Waals surface area contributed by atoms with Gasteiger partial charge in [0.2, 0.25) is 0 Å². The molecule has 0 amide bonds. The van der Waals surface area contributed by atoms with Crippen LogP contribution in [0.1, 0.15) is 11.7 Å². The second-order valence-electron chi connectivity index (χ2n) is 0.471. The van der Waals surface area contributed by atoms with Crippen LogP contribution >= 0.6 is 24.0 Å². The number of hydrogen-bond donors (Lipinski definition) is 0. The van der Waals surface area contributed by atoms with Gasteiger partial charge in [0.1, 0.15) is 0 Å². The molecule has 0 saturated carbocycles. The van der Waals surface area contributed by atoms with Crippen molar-refractivity contribution in [3.8, 4) is 0 Å². The summed E-state index contributed by atoms with van der Waals surface area (Å²) in [7, 11) is 1.50. The summed E-state index contributed by atoms with van der Waals surface area (Å²) in [5.41, 5.74) is 0. The zero-order valence-electron chi connectivity index (χ0n) is 6.38. The topological polar surface area (TPSA) is 160 Å². The van der Waals surface area contributed by atoms with Gasteiger partial charge in [0.05, 0.1) is 0 Å². The first-order chi connectivity index (χ1) is 2.83. The molecule has 0 spiro atoms. The smallest absolute Gasteiger partial charge is 0 e. The average Bonchev–Trinajstić information content (AvgIpc) is 1.39. The molecule has 0 aromatic rings. The van der Waals surface area contributed by atoms with E-state index in [0.29, 0.717) is 0 Å². The first-order valence-corrected chi connectivity index (χ1v) is 1.63. The molecular weight excluding hydrogens is 281 g/mol. The standard InChI is InChI=1S/2CH3BO.CH4.HI.4H2O.3H2/c2*1-2-3;;;;;;;;;/h2*1H3;1H4;1H;4*1H2;3*1H. The Balaban J connectivity index is -0.00000000148. The summed E-state index contributed by atoms with van der Waals surface area (Å²) in [6, 6.07) is 0. The molecule has 0 aliphatic carbocycles. The maximum atomic E-state index is 8.81. The van der Waals surface area contributed by atoms with Crippen LogP contribution in [0.4, 0.5) is 0 Å². The summed E-state index contributed by atoms with van der Waals surface area (Å²) in [5.74, 6) is 0. The maximum absolute atomic E-state index is 8.81. The Bertz CT molecular complexity index is 52.6. The number of halogens is 1. The monoisotopic (exact) mass is 306 g/mol. The third-order valence-electron chi connectivity index (χ3n) is 0. The predicted octanol–water partition coefficient (Wildman–Crippen LogP) is -1.14. The summed E-state index contributed by atoms with van der Waals surface area (Å²) < 4.78 is 17.6. The molecule has 0 saturated heterocycles. The summed E-state index contributed by atoms with van der Waals surface area (Å²) in [6.45, 7) is 2.89. The molecule has 0 bridgehead atoms. The van der Waals surface area contributed by atoms with Crippen LogP contribution in [0.5, 0.6) is 0 Å². The molecule has 0 unspecified atom stereocenters. The molecule has 9 heteroatoms. The largest absolute Gasteiger partial charge is 0.412 e. The van der Waals surface area contributed by atoms with E-state index in [0.717, 1.165) is 14.3 Å². The Morgan fingerprint density at radius 1 is 0.833 bits per heavy atom. The minimum Gasteiger partial charge on any atom is -0.412 e.